The SMILES string of the molecule is COc1ccc(-c2ncon2)c(F)c1F. The number of methoxy groups -OCH3 is 1. The topological polar surface area (TPSA) is 48.2 Å². The van der Waals surface area contributed by atoms with Gasteiger partial charge in [-0.25, -0.2) is 4.39 Å². The monoisotopic (exact) mass is 212 g/mol. The van der Waals surface area contributed by atoms with Gasteiger partial charge < -0.3 is 9.26 Å². The summed E-state index contributed by atoms with van der Waals surface area (Å²) >= 11 is 0. The second-order valence-electron chi connectivity index (χ2n) is 2.70. The zero-order valence-electron chi connectivity index (χ0n) is 7.70. The van der Waals surface area contributed by atoms with Crippen LogP contribution in [-0.4, -0.2) is 17.3 Å². The summed E-state index contributed by atoms with van der Waals surface area (Å²) in [6.45, 7) is 0. The van der Waals surface area contributed by atoms with Crippen LogP contribution in [-0.2, 0) is 0 Å². The van der Waals surface area contributed by atoms with Crippen LogP contribution >= 0.6 is 0 Å². The molecule has 0 spiro atoms. The van der Waals surface area contributed by atoms with Crippen LogP contribution in [0.25, 0.3) is 11.4 Å². The zero-order chi connectivity index (χ0) is 10.8. The fraction of sp³-hybridized carbons (Fsp3) is 0.111. The molecule has 0 aliphatic heterocycles. The Morgan fingerprint density at radius 3 is 2.67 bits per heavy atom. The standard InChI is InChI=1S/C9H6F2N2O2/c1-14-6-3-2-5(7(10)8(6)11)9-12-4-15-13-9/h2-4H,1H3. The summed E-state index contributed by atoms with van der Waals surface area (Å²) in [4.78, 5) is 3.62. The molecule has 0 amide bonds. The van der Waals surface area contributed by atoms with Crippen molar-refractivity contribution in [1.82, 2.24) is 10.1 Å². The van der Waals surface area contributed by atoms with E-state index in [0.29, 0.717) is 0 Å². The average molecular weight is 212 g/mol. The fourth-order valence-electron chi connectivity index (χ4n) is 1.15. The molecule has 0 unspecified atom stereocenters. The number of ether oxygens (including phenoxy) is 1. The van der Waals surface area contributed by atoms with Gasteiger partial charge in [-0.1, -0.05) is 5.16 Å². The Bertz CT molecular complexity index is 471. The van der Waals surface area contributed by atoms with Crippen molar-refractivity contribution < 1.29 is 18.0 Å². The maximum absolute atomic E-state index is 13.4. The Labute approximate surface area is 83.5 Å². The van der Waals surface area contributed by atoms with Crippen LogP contribution in [0.3, 0.4) is 0 Å². The van der Waals surface area contributed by atoms with E-state index in [9.17, 15) is 8.78 Å². The molecule has 2 aromatic rings. The summed E-state index contributed by atoms with van der Waals surface area (Å²) in [6, 6.07) is 2.62. The highest BCUT2D eigenvalue weighted by molar-refractivity contribution is 5.56. The van der Waals surface area contributed by atoms with Crippen molar-refractivity contribution in [1.29, 1.82) is 0 Å². The third kappa shape index (κ3) is 1.54. The molecule has 0 aliphatic rings. The van der Waals surface area contributed by atoms with Gasteiger partial charge in [-0.3, -0.25) is 0 Å². The van der Waals surface area contributed by atoms with Gasteiger partial charge in [0.05, 0.1) is 12.7 Å². The minimum Gasteiger partial charge on any atom is -0.494 e. The summed E-state index contributed by atoms with van der Waals surface area (Å²) in [5, 5.41) is 3.41. The van der Waals surface area contributed by atoms with E-state index in [4.69, 9.17) is 0 Å². The Hall–Kier alpha value is -1.98. The fourth-order valence-corrected chi connectivity index (χ4v) is 1.15. The summed E-state index contributed by atoms with van der Waals surface area (Å²) in [5.41, 5.74) is -0.0675. The van der Waals surface area contributed by atoms with Gasteiger partial charge >= 0.3 is 0 Å². The Morgan fingerprint density at radius 2 is 2.07 bits per heavy atom. The molecule has 0 saturated heterocycles. The second kappa shape index (κ2) is 3.64. The summed E-state index contributed by atoms with van der Waals surface area (Å²) < 4.78 is 35.8. The van der Waals surface area contributed by atoms with E-state index in [0.717, 1.165) is 6.39 Å². The average Bonchev–Trinajstić information content (AvgIpc) is 2.75. The first-order valence-corrected chi connectivity index (χ1v) is 4.02. The third-order valence-electron chi connectivity index (χ3n) is 1.87. The molecule has 1 heterocycles. The van der Waals surface area contributed by atoms with Gasteiger partial charge in [0.25, 0.3) is 0 Å². The van der Waals surface area contributed by atoms with Crippen LogP contribution in [0.4, 0.5) is 8.78 Å². The lowest BCUT2D eigenvalue weighted by Gasteiger charge is -2.04. The molecule has 0 atom stereocenters. The maximum atomic E-state index is 13.4. The van der Waals surface area contributed by atoms with E-state index in [1.807, 2.05) is 0 Å². The molecular weight excluding hydrogens is 206 g/mol. The quantitative estimate of drug-likeness (QED) is 0.764. The van der Waals surface area contributed by atoms with Crippen LogP contribution in [0.1, 0.15) is 0 Å². The van der Waals surface area contributed by atoms with Gasteiger partial charge in [0.15, 0.2) is 11.6 Å². The molecule has 0 radical (unpaired) electrons. The number of hydrogen-bond donors (Lipinski definition) is 0. The zero-order valence-corrected chi connectivity index (χ0v) is 7.70. The van der Waals surface area contributed by atoms with Crippen molar-refractivity contribution in [2.45, 2.75) is 0 Å². The first-order valence-electron chi connectivity index (χ1n) is 4.02. The lowest BCUT2D eigenvalue weighted by atomic mass is 10.2. The number of hydrogen-bond acceptors (Lipinski definition) is 4. The number of aromatic nitrogens is 2. The molecule has 4 nitrogen and oxygen atoms in total. The molecule has 1 aromatic carbocycles. The number of halogens is 2. The predicted octanol–water partition coefficient (Wildman–Crippen LogP) is 2.02. The van der Waals surface area contributed by atoms with Gasteiger partial charge in [-0.2, -0.15) is 9.37 Å². The molecule has 0 bridgehead atoms. The van der Waals surface area contributed by atoms with Crippen molar-refractivity contribution in [3.63, 3.8) is 0 Å². The van der Waals surface area contributed by atoms with Crippen molar-refractivity contribution in [3.8, 4) is 17.1 Å². The molecular formula is C9H6F2N2O2. The van der Waals surface area contributed by atoms with E-state index in [-0.39, 0.29) is 17.1 Å². The second-order valence-corrected chi connectivity index (χ2v) is 2.70. The summed E-state index contributed by atoms with van der Waals surface area (Å²) in [7, 11) is 1.26. The summed E-state index contributed by atoms with van der Waals surface area (Å²) in [5.74, 6) is -2.30. The molecule has 2 rings (SSSR count). The third-order valence-corrected chi connectivity index (χ3v) is 1.87. The van der Waals surface area contributed by atoms with Crippen molar-refractivity contribution >= 4 is 0 Å². The van der Waals surface area contributed by atoms with Crippen molar-refractivity contribution in [2.75, 3.05) is 7.11 Å². The lowest BCUT2D eigenvalue weighted by Crippen LogP contribution is -1.95. The van der Waals surface area contributed by atoms with Crippen LogP contribution in [0, 0.1) is 11.6 Å². The van der Waals surface area contributed by atoms with Crippen molar-refractivity contribution in [3.05, 3.63) is 30.2 Å². The van der Waals surface area contributed by atoms with Crippen LogP contribution in [0.15, 0.2) is 23.0 Å². The van der Waals surface area contributed by atoms with Gasteiger partial charge in [0.2, 0.25) is 18.0 Å². The molecule has 0 fully saturated rings. The summed E-state index contributed by atoms with van der Waals surface area (Å²) in [6.07, 6.45) is 1.04. The van der Waals surface area contributed by atoms with Crippen molar-refractivity contribution in [2.24, 2.45) is 0 Å². The highest BCUT2D eigenvalue weighted by Gasteiger charge is 2.17. The van der Waals surface area contributed by atoms with E-state index in [1.165, 1.54) is 19.2 Å². The number of benzene rings is 1. The Balaban J connectivity index is 2.56. The number of nitrogens with zero attached hydrogens (tertiary/aromatic N) is 2. The van der Waals surface area contributed by atoms with E-state index in [2.05, 4.69) is 19.4 Å². The largest absolute Gasteiger partial charge is 0.494 e. The molecule has 15 heavy (non-hydrogen) atoms. The first-order chi connectivity index (χ1) is 7.24. The van der Waals surface area contributed by atoms with Gasteiger partial charge in [-0.15, -0.1) is 0 Å². The molecule has 0 N–H and O–H groups in total. The predicted molar refractivity (Wildman–Crippen MR) is 46.2 cm³/mol. The van der Waals surface area contributed by atoms with E-state index < -0.39 is 11.6 Å². The normalized spacial score (nSPS) is 10.3. The Kier molecular flexibility index (Phi) is 2.32. The molecule has 0 aliphatic carbocycles. The van der Waals surface area contributed by atoms with Gasteiger partial charge in [0.1, 0.15) is 0 Å². The van der Waals surface area contributed by atoms with E-state index >= 15 is 0 Å². The molecule has 78 valence electrons. The molecule has 6 heteroatoms. The van der Waals surface area contributed by atoms with Gasteiger partial charge in [0, 0.05) is 0 Å². The van der Waals surface area contributed by atoms with Crippen LogP contribution in [0.5, 0.6) is 5.75 Å². The van der Waals surface area contributed by atoms with Crippen LogP contribution in [0.2, 0.25) is 0 Å². The molecule has 0 saturated carbocycles. The minimum absolute atomic E-state index is 0.00551. The smallest absolute Gasteiger partial charge is 0.214 e. The van der Waals surface area contributed by atoms with Gasteiger partial charge in [-0.05, 0) is 12.1 Å². The lowest BCUT2D eigenvalue weighted by molar-refractivity contribution is 0.372. The molecule has 1 aromatic heterocycles. The number of rotatable bonds is 2. The minimum atomic E-state index is -1.07. The first kappa shape index (κ1) is 9.57. The highest BCUT2D eigenvalue weighted by atomic mass is 19.2. The Morgan fingerprint density at radius 1 is 1.27 bits per heavy atom. The highest BCUT2D eigenvalue weighted by Crippen LogP contribution is 2.27. The van der Waals surface area contributed by atoms with E-state index in [1.54, 1.807) is 0 Å². The van der Waals surface area contributed by atoms with Crippen LogP contribution < -0.4 is 4.74 Å². The maximum Gasteiger partial charge on any atom is 0.214 e.